The minimum atomic E-state index is -4.72. The zero-order chi connectivity index (χ0) is 18.0. The standard InChI is InChI=1S/C13H17F3N6OS/c1-8(9(23)19-12(7-17)5-3-2-4-6-12)24-11-21-20-10(22(11)18)13(14,15)16/h8H,2-6,18H2,1H3,(H,19,23). The predicted octanol–water partition coefficient (Wildman–Crippen LogP) is 1.83. The maximum Gasteiger partial charge on any atom is 0.453 e. The van der Waals surface area contributed by atoms with Gasteiger partial charge in [0.2, 0.25) is 11.1 Å². The van der Waals surface area contributed by atoms with Gasteiger partial charge in [0.25, 0.3) is 5.82 Å². The second-order valence-electron chi connectivity index (χ2n) is 5.68. The van der Waals surface area contributed by atoms with Gasteiger partial charge < -0.3 is 11.2 Å². The summed E-state index contributed by atoms with van der Waals surface area (Å²) in [6.45, 7) is 1.51. The Kier molecular flexibility index (Phi) is 5.27. The molecule has 1 unspecified atom stereocenters. The van der Waals surface area contributed by atoms with Crippen molar-refractivity contribution in [1.82, 2.24) is 20.2 Å². The van der Waals surface area contributed by atoms with Gasteiger partial charge >= 0.3 is 6.18 Å². The molecule has 3 N–H and O–H groups in total. The molecule has 1 aliphatic carbocycles. The zero-order valence-corrected chi connectivity index (χ0v) is 13.7. The first kappa shape index (κ1) is 18.4. The fourth-order valence-corrected chi connectivity index (χ4v) is 3.29. The van der Waals surface area contributed by atoms with Crippen LogP contribution in [0.1, 0.15) is 44.9 Å². The fourth-order valence-electron chi connectivity index (χ4n) is 2.52. The first-order chi connectivity index (χ1) is 11.2. The van der Waals surface area contributed by atoms with Gasteiger partial charge in [-0.05, 0) is 19.8 Å². The third-order valence-corrected chi connectivity index (χ3v) is 4.91. The summed E-state index contributed by atoms with van der Waals surface area (Å²) in [7, 11) is 0. The number of hydrogen-bond donors (Lipinski definition) is 2. The predicted molar refractivity (Wildman–Crippen MR) is 80.1 cm³/mol. The molecule has 1 atom stereocenters. The molecule has 0 saturated heterocycles. The topological polar surface area (TPSA) is 110 Å². The Morgan fingerprint density at radius 1 is 1.42 bits per heavy atom. The molecule has 0 bridgehead atoms. The molecule has 0 radical (unpaired) electrons. The van der Waals surface area contributed by atoms with Gasteiger partial charge in [-0.3, -0.25) is 4.79 Å². The minimum Gasteiger partial charge on any atom is -0.337 e. The molecule has 1 saturated carbocycles. The average molecular weight is 362 g/mol. The largest absolute Gasteiger partial charge is 0.453 e. The Balaban J connectivity index is 2.04. The number of carbonyl (C=O) groups is 1. The smallest absolute Gasteiger partial charge is 0.337 e. The van der Waals surface area contributed by atoms with E-state index in [9.17, 15) is 23.2 Å². The normalized spacial score (nSPS) is 18.6. The molecule has 11 heteroatoms. The lowest BCUT2D eigenvalue weighted by molar-refractivity contribution is -0.146. The molecule has 1 aliphatic rings. The maximum absolute atomic E-state index is 12.6. The molecule has 0 aliphatic heterocycles. The van der Waals surface area contributed by atoms with Crippen molar-refractivity contribution in [2.24, 2.45) is 0 Å². The minimum absolute atomic E-state index is 0.223. The van der Waals surface area contributed by atoms with Crippen molar-refractivity contribution in [3.8, 4) is 6.07 Å². The lowest BCUT2D eigenvalue weighted by Crippen LogP contribution is -2.51. The molecule has 1 aromatic rings. The molecule has 2 rings (SSSR count). The van der Waals surface area contributed by atoms with Crippen LogP contribution in [-0.2, 0) is 11.0 Å². The van der Waals surface area contributed by atoms with E-state index in [1.807, 2.05) is 0 Å². The Morgan fingerprint density at radius 3 is 2.54 bits per heavy atom. The van der Waals surface area contributed by atoms with Crippen LogP contribution in [0.15, 0.2) is 5.16 Å². The van der Waals surface area contributed by atoms with E-state index in [0.29, 0.717) is 17.5 Å². The molecule has 0 spiro atoms. The molecule has 0 aromatic carbocycles. The van der Waals surface area contributed by atoms with Crippen molar-refractivity contribution in [1.29, 1.82) is 5.26 Å². The maximum atomic E-state index is 12.6. The quantitative estimate of drug-likeness (QED) is 0.625. The van der Waals surface area contributed by atoms with Gasteiger partial charge in [0.15, 0.2) is 0 Å². The molecular formula is C13H17F3N6OS. The van der Waals surface area contributed by atoms with Crippen molar-refractivity contribution >= 4 is 17.7 Å². The van der Waals surface area contributed by atoms with Gasteiger partial charge in [-0.15, -0.1) is 10.2 Å². The summed E-state index contributed by atoms with van der Waals surface area (Å²) in [6, 6.07) is 2.15. The molecule has 132 valence electrons. The molecule has 7 nitrogen and oxygen atoms in total. The third-order valence-electron chi connectivity index (χ3n) is 3.85. The number of rotatable bonds is 4. The SMILES string of the molecule is CC(Sc1nnc(C(F)(F)F)n1N)C(=O)NC1(C#N)CCCCC1. The highest BCUT2D eigenvalue weighted by molar-refractivity contribution is 8.00. The van der Waals surface area contributed by atoms with Crippen molar-refractivity contribution in [3.63, 3.8) is 0 Å². The number of thioether (sulfide) groups is 1. The number of nitrogens with zero attached hydrogens (tertiary/aromatic N) is 4. The number of halogens is 3. The van der Waals surface area contributed by atoms with E-state index in [1.165, 1.54) is 6.92 Å². The van der Waals surface area contributed by atoms with E-state index < -0.39 is 28.7 Å². The number of nitrogens with one attached hydrogen (secondary N) is 1. The summed E-state index contributed by atoms with van der Waals surface area (Å²) in [6.07, 6.45) is -0.877. The highest BCUT2D eigenvalue weighted by Crippen LogP contribution is 2.31. The number of aromatic nitrogens is 3. The van der Waals surface area contributed by atoms with E-state index in [2.05, 4.69) is 21.6 Å². The molecule has 1 aromatic heterocycles. The number of amides is 1. The molecule has 1 fully saturated rings. The Morgan fingerprint density at radius 2 is 2.04 bits per heavy atom. The van der Waals surface area contributed by atoms with Crippen LogP contribution in [-0.4, -0.2) is 31.6 Å². The third kappa shape index (κ3) is 3.92. The van der Waals surface area contributed by atoms with Gasteiger partial charge in [0.1, 0.15) is 5.54 Å². The van der Waals surface area contributed by atoms with Crippen LogP contribution in [0.2, 0.25) is 0 Å². The van der Waals surface area contributed by atoms with E-state index in [-0.39, 0.29) is 5.16 Å². The second kappa shape index (κ2) is 6.88. The summed E-state index contributed by atoms with van der Waals surface area (Å²) < 4.78 is 38.2. The summed E-state index contributed by atoms with van der Waals surface area (Å²) >= 11 is 0.756. The van der Waals surface area contributed by atoms with E-state index in [4.69, 9.17) is 5.84 Å². The van der Waals surface area contributed by atoms with Crippen LogP contribution in [0.3, 0.4) is 0 Å². The lowest BCUT2D eigenvalue weighted by Gasteiger charge is -2.32. The van der Waals surface area contributed by atoms with E-state index in [1.54, 1.807) is 0 Å². The van der Waals surface area contributed by atoms with Gasteiger partial charge in [-0.1, -0.05) is 31.0 Å². The van der Waals surface area contributed by atoms with E-state index >= 15 is 0 Å². The Bertz CT molecular complexity index is 647. The van der Waals surface area contributed by atoms with Gasteiger partial charge in [-0.2, -0.15) is 18.4 Å². The molecule has 24 heavy (non-hydrogen) atoms. The number of nitrogen functional groups attached to an aromatic ring is 1. The fraction of sp³-hybridized carbons (Fsp3) is 0.692. The number of nitriles is 1. The highest BCUT2D eigenvalue weighted by atomic mass is 32.2. The Hall–Kier alpha value is -1.96. The van der Waals surface area contributed by atoms with Crippen LogP contribution in [0.4, 0.5) is 13.2 Å². The molecule has 1 heterocycles. The van der Waals surface area contributed by atoms with Crippen LogP contribution >= 0.6 is 11.8 Å². The van der Waals surface area contributed by atoms with Crippen molar-refractivity contribution in [2.75, 3.05) is 5.84 Å². The number of carbonyl (C=O) groups excluding carboxylic acids is 1. The van der Waals surface area contributed by atoms with Crippen LogP contribution in [0, 0.1) is 11.3 Å². The summed E-state index contributed by atoms with van der Waals surface area (Å²) in [5.74, 6) is 3.56. The monoisotopic (exact) mass is 362 g/mol. The van der Waals surface area contributed by atoms with Gasteiger partial charge in [0, 0.05) is 0 Å². The summed E-state index contributed by atoms with van der Waals surface area (Å²) in [4.78, 5) is 12.3. The second-order valence-corrected chi connectivity index (χ2v) is 6.99. The van der Waals surface area contributed by atoms with Crippen molar-refractivity contribution in [2.45, 2.75) is 61.1 Å². The average Bonchev–Trinajstić information content (AvgIpc) is 2.89. The first-order valence-corrected chi connectivity index (χ1v) is 8.24. The number of alkyl halides is 3. The van der Waals surface area contributed by atoms with Gasteiger partial charge in [-0.25, -0.2) is 4.68 Å². The van der Waals surface area contributed by atoms with Crippen LogP contribution in [0.25, 0.3) is 0 Å². The van der Waals surface area contributed by atoms with Crippen LogP contribution < -0.4 is 11.2 Å². The van der Waals surface area contributed by atoms with Crippen molar-refractivity contribution in [3.05, 3.63) is 5.82 Å². The highest BCUT2D eigenvalue weighted by Gasteiger charge is 2.39. The molecule has 1 amide bonds. The number of nitrogens with two attached hydrogens (primary N) is 1. The summed E-state index contributed by atoms with van der Waals surface area (Å²) in [5.41, 5.74) is -0.905. The van der Waals surface area contributed by atoms with Gasteiger partial charge in [0.05, 0.1) is 11.3 Å². The van der Waals surface area contributed by atoms with Crippen LogP contribution in [0.5, 0.6) is 0 Å². The number of hydrogen-bond acceptors (Lipinski definition) is 6. The summed E-state index contributed by atoms with van der Waals surface area (Å²) in [5, 5.41) is 17.5. The van der Waals surface area contributed by atoms with E-state index in [0.717, 1.165) is 31.0 Å². The first-order valence-electron chi connectivity index (χ1n) is 7.36. The Labute approximate surface area is 140 Å². The zero-order valence-electron chi connectivity index (χ0n) is 12.9. The lowest BCUT2D eigenvalue weighted by atomic mass is 9.83. The molecular weight excluding hydrogens is 345 g/mol. The van der Waals surface area contributed by atoms with Crippen molar-refractivity contribution < 1.29 is 18.0 Å².